The van der Waals surface area contributed by atoms with Gasteiger partial charge in [0.05, 0.1) is 23.1 Å². The lowest BCUT2D eigenvalue weighted by molar-refractivity contribution is 0.357. The van der Waals surface area contributed by atoms with Gasteiger partial charge in [-0.05, 0) is 31.9 Å². The Morgan fingerprint density at radius 2 is 2.13 bits per heavy atom. The molecule has 1 N–H and O–H groups in total. The Kier molecular flexibility index (Phi) is 4.17. The van der Waals surface area contributed by atoms with Crippen LogP contribution in [0.5, 0.6) is 0 Å². The SMILES string of the molecule is Cc1nc(-c2ccn[nH]2)cc(C2CCCN2S(=O)(=O)N(C)C)n1. The summed E-state index contributed by atoms with van der Waals surface area (Å²) in [6.07, 6.45) is 3.23. The quantitative estimate of drug-likeness (QED) is 0.903. The lowest BCUT2D eigenvalue weighted by atomic mass is 10.1. The fourth-order valence-corrected chi connectivity index (χ4v) is 4.13. The molecular weight excluding hydrogens is 316 g/mol. The first-order valence-electron chi connectivity index (χ1n) is 7.44. The van der Waals surface area contributed by atoms with Gasteiger partial charge in [0.2, 0.25) is 0 Å². The highest BCUT2D eigenvalue weighted by Crippen LogP contribution is 2.34. The van der Waals surface area contributed by atoms with Crippen molar-refractivity contribution >= 4 is 10.2 Å². The minimum atomic E-state index is -3.47. The molecule has 2 aromatic heterocycles. The van der Waals surface area contributed by atoms with Gasteiger partial charge in [-0.15, -0.1) is 0 Å². The van der Waals surface area contributed by atoms with Gasteiger partial charge in [-0.2, -0.15) is 22.1 Å². The van der Waals surface area contributed by atoms with Crippen molar-refractivity contribution in [3.05, 3.63) is 29.8 Å². The highest BCUT2D eigenvalue weighted by atomic mass is 32.2. The molecule has 3 heterocycles. The molecule has 0 bridgehead atoms. The van der Waals surface area contributed by atoms with Gasteiger partial charge in [0.25, 0.3) is 10.2 Å². The predicted octanol–water partition coefficient (Wildman–Crippen LogP) is 1.12. The van der Waals surface area contributed by atoms with Gasteiger partial charge in [0, 0.05) is 26.8 Å². The monoisotopic (exact) mass is 336 g/mol. The van der Waals surface area contributed by atoms with Crippen LogP contribution in [0.1, 0.15) is 30.4 Å². The number of aromatic nitrogens is 4. The van der Waals surface area contributed by atoms with Crippen molar-refractivity contribution in [2.45, 2.75) is 25.8 Å². The summed E-state index contributed by atoms with van der Waals surface area (Å²) in [6, 6.07) is 3.41. The zero-order chi connectivity index (χ0) is 16.6. The Bertz CT molecular complexity index is 788. The van der Waals surface area contributed by atoms with Gasteiger partial charge >= 0.3 is 0 Å². The minimum absolute atomic E-state index is 0.259. The number of hydrogen-bond acceptors (Lipinski definition) is 5. The molecule has 0 saturated carbocycles. The van der Waals surface area contributed by atoms with Crippen molar-refractivity contribution in [2.24, 2.45) is 0 Å². The standard InChI is InChI=1S/C14H20N6O2S/c1-10-16-12(11-6-7-15-18-11)9-13(17-10)14-5-4-8-20(14)23(21,22)19(2)3/h6-7,9,14H,4-5,8H2,1-3H3,(H,15,18). The molecule has 0 spiro atoms. The smallest absolute Gasteiger partial charge is 0.276 e. The molecule has 0 aromatic carbocycles. The topological polar surface area (TPSA) is 95.1 Å². The second-order valence-electron chi connectivity index (χ2n) is 5.75. The maximum Gasteiger partial charge on any atom is 0.282 e. The third-order valence-corrected chi connectivity index (χ3v) is 5.89. The average molecular weight is 336 g/mol. The van der Waals surface area contributed by atoms with Crippen LogP contribution >= 0.6 is 0 Å². The molecule has 0 radical (unpaired) electrons. The van der Waals surface area contributed by atoms with Crippen LogP contribution < -0.4 is 0 Å². The summed E-state index contributed by atoms with van der Waals surface area (Å²) in [5.74, 6) is 0.612. The van der Waals surface area contributed by atoms with Crippen LogP contribution in [0, 0.1) is 6.92 Å². The second-order valence-corrected chi connectivity index (χ2v) is 7.85. The van der Waals surface area contributed by atoms with Crippen molar-refractivity contribution in [3.63, 3.8) is 0 Å². The molecule has 1 fully saturated rings. The van der Waals surface area contributed by atoms with Crippen LogP contribution in [0.2, 0.25) is 0 Å². The zero-order valence-electron chi connectivity index (χ0n) is 13.4. The number of aromatic amines is 1. The third kappa shape index (κ3) is 2.99. The fourth-order valence-electron chi connectivity index (χ4n) is 2.82. The first-order valence-corrected chi connectivity index (χ1v) is 8.84. The Hall–Kier alpha value is -1.84. The van der Waals surface area contributed by atoms with E-state index in [1.165, 1.54) is 8.61 Å². The van der Waals surface area contributed by atoms with E-state index in [1.54, 1.807) is 20.3 Å². The molecular formula is C14H20N6O2S. The Labute approximate surface area is 135 Å². The third-order valence-electron chi connectivity index (χ3n) is 3.94. The molecule has 1 saturated heterocycles. The average Bonchev–Trinajstić information content (AvgIpc) is 3.18. The van der Waals surface area contributed by atoms with Crippen molar-refractivity contribution < 1.29 is 8.42 Å². The second kappa shape index (κ2) is 5.99. The predicted molar refractivity (Wildman–Crippen MR) is 85.6 cm³/mol. The highest BCUT2D eigenvalue weighted by molar-refractivity contribution is 7.86. The molecule has 1 aliphatic rings. The van der Waals surface area contributed by atoms with E-state index in [-0.39, 0.29) is 6.04 Å². The summed E-state index contributed by atoms with van der Waals surface area (Å²) in [5, 5.41) is 6.81. The van der Waals surface area contributed by atoms with Crippen molar-refractivity contribution in [2.75, 3.05) is 20.6 Å². The Morgan fingerprint density at radius 3 is 2.78 bits per heavy atom. The normalized spacial score (nSPS) is 19.6. The number of H-pyrrole nitrogens is 1. The van der Waals surface area contributed by atoms with E-state index in [0.717, 1.165) is 29.9 Å². The summed E-state index contributed by atoms with van der Waals surface area (Å²) < 4.78 is 27.8. The lowest BCUT2D eigenvalue weighted by Gasteiger charge is -2.26. The molecule has 124 valence electrons. The lowest BCUT2D eigenvalue weighted by Crippen LogP contribution is -2.39. The van der Waals surface area contributed by atoms with Crippen molar-refractivity contribution in [3.8, 4) is 11.4 Å². The molecule has 1 aliphatic heterocycles. The Morgan fingerprint density at radius 1 is 1.35 bits per heavy atom. The number of nitrogens with one attached hydrogen (secondary N) is 1. The molecule has 0 aliphatic carbocycles. The molecule has 0 amide bonds. The molecule has 1 unspecified atom stereocenters. The van der Waals surface area contributed by atoms with Crippen LogP contribution in [0.25, 0.3) is 11.4 Å². The van der Waals surface area contributed by atoms with E-state index in [2.05, 4.69) is 20.2 Å². The van der Waals surface area contributed by atoms with Crippen LogP contribution in [0.3, 0.4) is 0 Å². The summed E-state index contributed by atoms with van der Waals surface area (Å²) in [7, 11) is -0.372. The van der Waals surface area contributed by atoms with Gasteiger partial charge in [-0.1, -0.05) is 0 Å². The van der Waals surface area contributed by atoms with E-state index >= 15 is 0 Å². The molecule has 9 heteroatoms. The zero-order valence-corrected chi connectivity index (χ0v) is 14.2. The number of aryl methyl sites for hydroxylation is 1. The van der Waals surface area contributed by atoms with Crippen LogP contribution in [0.4, 0.5) is 0 Å². The first kappa shape index (κ1) is 16.0. The van der Waals surface area contributed by atoms with Gasteiger partial charge < -0.3 is 0 Å². The first-order chi connectivity index (χ1) is 10.9. The van der Waals surface area contributed by atoms with Crippen molar-refractivity contribution in [1.82, 2.24) is 28.8 Å². The maximum absolute atomic E-state index is 12.5. The van der Waals surface area contributed by atoms with Gasteiger partial charge in [-0.3, -0.25) is 5.10 Å². The summed E-state index contributed by atoms with van der Waals surface area (Å²) >= 11 is 0. The Balaban J connectivity index is 2.01. The summed E-state index contributed by atoms with van der Waals surface area (Å²) in [4.78, 5) is 8.89. The summed E-state index contributed by atoms with van der Waals surface area (Å²) in [5.41, 5.74) is 2.24. The van der Waals surface area contributed by atoms with Crippen molar-refractivity contribution in [1.29, 1.82) is 0 Å². The van der Waals surface area contributed by atoms with Gasteiger partial charge in [0.15, 0.2) is 0 Å². The largest absolute Gasteiger partial charge is 0.282 e. The summed E-state index contributed by atoms with van der Waals surface area (Å²) in [6.45, 7) is 2.32. The van der Waals surface area contributed by atoms with Crippen LogP contribution in [-0.4, -0.2) is 57.8 Å². The van der Waals surface area contributed by atoms with Crippen LogP contribution in [0.15, 0.2) is 18.3 Å². The molecule has 23 heavy (non-hydrogen) atoms. The molecule has 8 nitrogen and oxygen atoms in total. The van der Waals surface area contributed by atoms with Gasteiger partial charge in [0.1, 0.15) is 5.82 Å². The van der Waals surface area contributed by atoms with E-state index in [1.807, 2.05) is 19.1 Å². The molecule has 2 aromatic rings. The minimum Gasteiger partial charge on any atom is -0.276 e. The van der Waals surface area contributed by atoms with E-state index in [4.69, 9.17) is 0 Å². The van der Waals surface area contributed by atoms with E-state index in [0.29, 0.717) is 12.4 Å². The number of rotatable bonds is 4. The van der Waals surface area contributed by atoms with Crippen LogP contribution in [-0.2, 0) is 10.2 Å². The number of hydrogen-bond donors (Lipinski definition) is 1. The maximum atomic E-state index is 12.5. The highest BCUT2D eigenvalue weighted by Gasteiger charge is 2.37. The van der Waals surface area contributed by atoms with Gasteiger partial charge in [-0.25, -0.2) is 9.97 Å². The molecule has 1 atom stereocenters. The molecule has 3 rings (SSSR count). The number of nitrogens with zero attached hydrogens (tertiary/aromatic N) is 5. The van der Waals surface area contributed by atoms with E-state index < -0.39 is 10.2 Å². The van der Waals surface area contributed by atoms with E-state index in [9.17, 15) is 8.42 Å². The fraction of sp³-hybridized carbons (Fsp3) is 0.500.